The van der Waals surface area contributed by atoms with Crippen LogP contribution >= 0.6 is 31.9 Å². The fourth-order valence-corrected chi connectivity index (χ4v) is 4.94. The van der Waals surface area contributed by atoms with Crippen LogP contribution in [-0.2, 0) is 0 Å². The quantitative estimate of drug-likeness (QED) is 0.147. The molecule has 0 unspecified atom stereocenters. The molecule has 0 atom stereocenters. The van der Waals surface area contributed by atoms with Crippen molar-refractivity contribution in [1.29, 1.82) is 0 Å². The van der Waals surface area contributed by atoms with E-state index in [1.807, 2.05) is 91.0 Å². The summed E-state index contributed by atoms with van der Waals surface area (Å²) in [6.45, 7) is 0. The fourth-order valence-electron chi connectivity index (χ4n) is 4.41. The highest BCUT2D eigenvalue weighted by Gasteiger charge is 2.28. The summed E-state index contributed by atoms with van der Waals surface area (Å²) in [5.74, 6) is 0.172. The topological polar surface area (TPSA) is 71.4 Å². The van der Waals surface area contributed by atoms with Crippen LogP contribution in [0, 0.1) is 0 Å². The maximum Gasteiger partial charge on any atom is 0.264 e. The van der Waals surface area contributed by atoms with E-state index >= 15 is 0 Å². The summed E-state index contributed by atoms with van der Waals surface area (Å²) < 4.78 is 12.5. The lowest BCUT2D eigenvalue weighted by molar-refractivity contribution is 0.100. The first kappa shape index (κ1) is 27.4. The first-order chi connectivity index (χ1) is 19.4. The molecular weight excluding hydrogens is 636 g/mol. The molecule has 0 aromatic heterocycles. The number of phenolic OH excluding ortho intramolecular Hbond substituents is 1. The number of ether oxygens (including phenoxy) is 2. The number of benzene rings is 5. The standard InChI is InChI=1S/C32H24Br2N2O4/c1-39-29-19-21(18-28(37)30(29)40-2)32(38)36(25-16-12-23(34)13-17-25)31(35-24-14-10-22(33)11-15-24)27-9-5-7-20-6-3-4-8-26(20)27/h3-19,37H,1-2H3. The third kappa shape index (κ3) is 5.59. The van der Waals surface area contributed by atoms with Crippen LogP contribution in [-0.4, -0.2) is 31.1 Å². The van der Waals surface area contributed by atoms with Gasteiger partial charge in [0.05, 0.1) is 25.6 Å². The SMILES string of the molecule is COc1cc(C(=O)N(C(=Nc2ccc(Br)cc2)c2cccc3ccccc23)c2ccc(Br)cc2)cc(O)c1OC. The summed E-state index contributed by atoms with van der Waals surface area (Å²) in [6, 6.07) is 31.8. The van der Waals surface area contributed by atoms with Crippen LogP contribution in [0.4, 0.5) is 11.4 Å². The molecule has 0 heterocycles. The molecule has 0 fully saturated rings. The molecule has 0 radical (unpaired) electrons. The van der Waals surface area contributed by atoms with Crippen molar-refractivity contribution in [1.82, 2.24) is 0 Å². The average Bonchev–Trinajstić information content (AvgIpc) is 2.98. The summed E-state index contributed by atoms with van der Waals surface area (Å²) in [4.78, 5) is 21.1. The molecule has 0 saturated heterocycles. The van der Waals surface area contributed by atoms with Gasteiger partial charge in [0.1, 0.15) is 5.84 Å². The first-order valence-corrected chi connectivity index (χ1v) is 13.9. The van der Waals surface area contributed by atoms with Gasteiger partial charge in [-0.15, -0.1) is 0 Å². The smallest absolute Gasteiger partial charge is 0.264 e. The Balaban J connectivity index is 1.80. The number of carbonyl (C=O) groups is 1. The van der Waals surface area contributed by atoms with Crippen molar-refractivity contribution in [2.24, 2.45) is 4.99 Å². The number of aromatic hydroxyl groups is 1. The molecule has 0 aliphatic carbocycles. The minimum Gasteiger partial charge on any atom is -0.504 e. The second kappa shape index (κ2) is 11.9. The van der Waals surface area contributed by atoms with Crippen molar-refractivity contribution < 1.29 is 19.4 Å². The van der Waals surface area contributed by atoms with Gasteiger partial charge in [-0.3, -0.25) is 9.69 Å². The van der Waals surface area contributed by atoms with Gasteiger partial charge in [0, 0.05) is 20.1 Å². The number of hydrogen-bond donors (Lipinski definition) is 1. The minimum absolute atomic E-state index is 0.145. The number of hydrogen-bond acceptors (Lipinski definition) is 5. The second-order valence-electron chi connectivity index (χ2n) is 8.79. The lowest BCUT2D eigenvalue weighted by atomic mass is 10.0. The van der Waals surface area contributed by atoms with Crippen LogP contribution in [0.15, 0.2) is 117 Å². The van der Waals surface area contributed by atoms with E-state index < -0.39 is 5.91 Å². The van der Waals surface area contributed by atoms with Crippen LogP contribution in [0.5, 0.6) is 17.2 Å². The third-order valence-corrected chi connectivity index (χ3v) is 7.36. The highest BCUT2D eigenvalue weighted by Crippen LogP contribution is 2.38. The van der Waals surface area contributed by atoms with Gasteiger partial charge in [0.25, 0.3) is 5.91 Å². The van der Waals surface area contributed by atoms with Crippen molar-refractivity contribution in [3.8, 4) is 17.2 Å². The van der Waals surface area contributed by atoms with Crippen LogP contribution in [0.1, 0.15) is 15.9 Å². The van der Waals surface area contributed by atoms with Crippen LogP contribution in [0.2, 0.25) is 0 Å². The Morgan fingerprint density at radius 1 is 0.800 bits per heavy atom. The van der Waals surface area contributed by atoms with Gasteiger partial charge in [-0.05, 0) is 71.4 Å². The highest BCUT2D eigenvalue weighted by molar-refractivity contribution is 9.10. The number of amides is 1. The normalized spacial score (nSPS) is 11.3. The Hall–Kier alpha value is -4.14. The number of carbonyl (C=O) groups excluding carboxylic acids is 1. The van der Waals surface area contributed by atoms with Crippen molar-refractivity contribution in [3.05, 3.63) is 123 Å². The van der Waals surface area contributed by atoms with E-state index in [1.165, 1.54) is 20.3 Å². The van der Waals surface area contributed by atoms with Crippen molar-refractivity contribution in [2.45, 2.75) is 0 Å². The number of nitrogens with zero attached hydrogens (tertiary/aromatic N) is 2. The molecule has 5 aromatic carbocycles. The maximum absolute atomic E-state index is 14.5. The van der Waals surface area contributed by atoms with E-state index in [4.69, 9.17) is 14.5 Å². The van der Waals surface area contributed by atoms with E-state index in [-0.39, 0.29) is 22.8 Å². The number of aliphatic imine (C=N–C) groups is 1. The Bertz CT molecular complexity index is 1710. The van der Waals surface area contributed by atoms with Crippen molar-refractivity contribution in [3.63, 3.8) is 0 Å². The number of anilines is 1. The second-order valence-corrected chi connectivity index (χ2v) is 10.6. The largest absolute Gasteiger partial charge is 0.504 e. The van der Waals surface area contributed by atoms with E-state index in [0.717, 1.165) is 25.3 Å². The van der Waals surface area contributed by atoms with Gasteiger partial charge in [-0.25, -0.2) is 4.99 Å². The summed E-state index contributed by atoms with van der Waals surface area (Å²) in [5, 5.41) is 12.6. The molecule has 1 N–H and O–H groups in total. The van der Waals surface area contributed by atoms with Gasteiger partial charge < -0.3 is 14.6 Å². The summed E-state index contributed by atoms with van der Waals surface area (Å²) in [5.41, 5.74) is 2.21. The summed E-state index contributed by atoms with van der Waals surface area (Å²) >= 11 is 6.98. The predicted molar refractivity (Wildman–Crippen MR) is 166 cm³/mol. The predicted octanol–water partition coefficient (Wildman–Crippen LogP) is 8.51. The Labute approximate surface area is 248 Å². The van der Waals surface area contributed by atoms with Crippen LogP contribution < -0.4 is 14.4 Å². The number of amidine groups is 1. The number of phenols is 1. The zero-order valence-electron chi connectivity index (χ0n) is 21.6. The van der Waals surface area contributed by atoms with Crippen LogP contribution in [0.25, 0.3) is 10.8 Å². The molecule has 6 nitrogen and oxygen atoms in total. The van der Waals surface area contributed by atoms with Gasteiger partial charge in [0.2, 0.25) is 5.75 Å². The number of fused-ring (bicyclic) bond motifs is 1. The summed E-state index contributed by atoms with van der Waals surface area (Å²) in [6.07, 6.45) is 0. The molecule has 1 amide bonds. The fraction of sp³-hybridized carbons (Fsp3) is 0.0625. The number of halogens is 2. The molecule has 200 valence electrons. The van der Waals surface area contributed by atoms with E-state index in [9.17, 15) is 9.90 Å². The zero-order chi connectivity index (χ0) is 28.2. The minimum atomic E-state index is -0.414. The molecule has 0 spiro atoms. The Kier molecular flexibility index (Phi) is 8.19. The monoisotopic (exact) mass is 658 g/mol. The molecule has 5 rings (SSSR count). The van der Waals surface area contributed by atoms with Gasteiger partial charge >= 0.3 is 0 Å². The molecular formula is C32H24Br2N2O4. The van der Waals surface area contributed by atoms with Crippen molar-refractivity contribution in [2.75, 3.05) is 19.1 Å². The van der Waals surface area contributed by atoms with Gasteiger partial charge in [0.15, 0.2) is 11.5 Å². The van der Waals surface area contributed by atoms with Crippen LogP contribution in [0.3, 0.4) is 0 Å². The number of rotatable bonds is 6. The Morgan fingerprint density at radius 3 is 2.12 bits per heavy atom. The molecule has 5 aromatic rings. The molecule has 40 heavy (non-hydrogen) atoms. The Morgan fingerprint density at radius 2 is 1.45 bits per heavy atom. The van der Waals surface area contributed by atoms with Gasteiger partial charge in [-0.1, -0.05) is 74.3 Å². The lowest BCUT2D eigenvalue weighted by Gasteiger charge is -2.26. The lowest BCUT2D eigenvalue weighted by Crippen LogP contribution is -2.38. The molecule has 0 aliphatic heterocycles. The van der Waals surface area contributed by atoms with E-state index in [1.54, 1.807) is 11.0 Å². The third-order valence-electron chi connectivity index (χ3n) is 6.30. The van der Waals surface area contributed by atoms with E-state index in [2.05, 4.69) is 31.9 Å². The van der Waals surface area contributed by atoms with Crippen molar-refractivity contribution >= 4 is 65.7 Å². The van der Waals surface area contributed by atoms with E-state index in [0.29, 0.717) is 17.2 Å². The zero-order valence-corrected chi connectivity index (χ0v) is 24.8. The first-order valence-electron chi connectivity index (χ1n) is 12.3. The average molecular weight is 660 g/mol. The highest BCUT2D eigenvalue weighted by atomic mass is 79.9. The molecule has 0 saturated carbocycles. The maximum atomic E-state index is 14.5. The molecule has 8 heteroatoms. The van der Waals surface area contributed by atoms with Gasteiger partial charge in [-0.2, -0.15) is 0 Å². The number of methoxy groups -OCH3 is 2. The molecule has 0 bridgehead atoms. The molecule has 0 aliphatic rings. The summed E-state index contributed by atoms with van der Waals surface area (Å²) in [7, 11) is 2.88.